The summed E-state index contributed by atoms with van der Waals surface area (Å²) in [6, 6.07) is 0.189. The Morgan fingerprint density at radius 1 is 1.26 bits per heavy atom. The number of carbonyl (C=O) groups excluding carboxylic acids is 2. The molecule has 6 heteroatoms. The molecular weight excluding hydrogens is 248 g/mol. The zero-order valence-corrected chi connectivity index (χ0v) is 11.8. The third-order valence-electron chi connectivity index (χ3n) is 3.35. The van der Waals surface area contributed by atoms with Crippen molar-refractivity contribution >= 4 is 12.2 Å². The van der Waals surface area contributed by atoms with E-state index in [-0.39, 0.29) is 18.2 Å². The van der Waals surface area contributed by atoms with Crippen LogP contribution in [-0.2, 0) is 9.47 Å². The van der Waals surface area contributed by atoms with Crippen LogP contribution in [0.3, 0.4) is 0 Å². The predicted octanol–water partition coefficient (Wildman–Crippen LogP) is 1.84. The number of hydrogen-bond donors (Lipinski definition) is 0. The van der Waals surface area contributed by atoms with Gasteiger partial charge in [0.2, 0.25) is 0 Å². The molecule has 19 heavy (non-hydrogen) atoms. The van der Waals surface area contributed by atoms with Crippen molar-refractivity contribution in [1.29, 1.82) is 0 Å². The Hall–Kier alpha value is -1.46. The van der Waals surface area contributed by atoms with Gasteiger partial charge in [-0.2, -0.15) is 0 Å². The normalized spacial score (nSPS) is 21.5. The van der Waals surface area contributed by atoms with E-state index in [1.807, 2.05) is 20.8 Å². The van der Waals surface area contributed by atoms with Crippen molar-refractivity contribution in [1.82, 2.24) is 9.80 Å². The zero-order chi connectivity index (χ0) is 14.0. The average Bonchev–Trinajstić information content (AvgIpc) is 2.73. The van der Waals surface area contributed by atoms with Gasteiger partial charge in [-0.15, -0.1) is 0 Å². The number of cyclic esters (lactones) is 1. The Balaban J connectivity index is 1.82. The number of nitrogens with zero attached hydrogens (tertiary/aromatic N) is 2. The summed E-state index contributed by atoms with van der Waals surface area (Å²) in [5.74, 6) is 0. The highest BCUT2D eigenvalue weighted by molar-refractivity contribution is 5.70. The lowest BCUT2D eigenvalue weighted by molar-refractivity contribution is 0.0169. The molecule has 2 heterocycles. The molecule has 0 atom stereocenters. The lowest BCUT2D eigenvalue weighted by Gasteiger charge is -2.36. The molecule has 108 valence electrons. The molecule has 0 aromatic heterocycles. The number of hydrogen-bond acceptors (Lipinski definition) is 4. The zero-order valence-electron chi connectivity index (χ0n) is 11.8. The van der Waals surface area contributed by atoms with Crippen LogP contribution in [-0.4, -0.2) is 59.9 Å². The molecule has 6 nitrogen and oxygen atoms in total. The molecule has 0 aromatic carbocycles. The summed E-state index contributed by atoms with van der Waals surface area (Å²) in [6.45, 7) is 7.97. The van der Waals surface area contributed by atoms with Crippen LogP contribution in [0.25, 0.3) is 0 Å². The van der Waals surface area contributed by atoms with Crippen molar-refractivity contribution in [2.45, 2.75) is 45.3 Å². The lowest BCUT2D eigenvalue weighted by atomic mass is 10.0. The summed E-state index contributed by atoms with van der Waals surface area (Å²) in [6.07, 6.45) is 1.08. The minimum absolute atomic E-state index is 0.189. The SMILES string of the molecule is CC(C)(C)OC(=O)N1CCC(N2CCOC2=O)CC1. The maximum atomic E-state index is 11.9. The van der Waals surface area contributed by atoms with Crippen molar-refractivity contribution in [3.8, 4) is 0 Å². The van der Waals surface area contributed by atoms with Crippen LogP contribution in [0.4, 0.5) is 9.59 Å². The Morgan fingerprint density at radius 3 is 2.37 bits per heavy atom. The van der Waals surface area contributed by atoms with E-state index in [1.165, 1.54) is 0 Å². The molecule has 0 aromatic rings. The first-order valence-corrected chi connectivity index (χ1v) is 6.78. The van der Waals surface area contributed by atoms with Crippen molar-refractivity contribution < 1.29 is 19.1 Å². The topological polar surface area (TPSA) is 59.1 Å². The molecule has 0 saturated carbocycles. The summed E-state index contributed by atoms with van der Waals surface area (Å²) in [5, 5.41) is 0. The largest absolute Gasteiger partial charge is 0.448 e. The minimum Gasteiger partial charge on any atom is -0.448 e. The van der Waals surface area contributed by atoms with Gasteiger partial charge < -0.3 is 19.3 Å². The van der Waals surface area contributed by atoms with Crippen LogP contribution >= 0.6 is 0 Å². The van der Waals surface area contributed by atoms with Gasteiger partial charge in [0.25, 0.3) is 0 Å². The van der Waals surface area contributed by atoms with Crippen molar-refractivity contribution in [3.63, 3.8) is 0 Å². The summed E-state index contributed by atoms with van der Waals surface area (Å²) < 4.78 is 10.3. The van der Waals surface area contributed by atoms with Crippen LogP contribution in [0, 0.1) is 0 Å². The first-order valence-electron chi connectivity index (χ1n) is 6.78. The molecular formula is C13H22N2O4. The van der Waals surface area contributed by atoms with Crippen LogP contribution in [0.1, 0.15) is 33.6 Å². The standard InChI is InChI=1S/C13H22N2O4/c1-13(2,3)19-11(16)14-6-4-10(5-7-14)15-8-9-18-12(15)17/h10H,4-9H2,1-3H3. The predicted molar refractivity (Wildman–Crippen MR) is 68.9 cm³/mol. The molecule has 0 bridgehead atoms. The molecule has 2 amide bonds. The number of amides is 2. The number of ether oxygens (including phenoxy) is 2. The Kier molecular flexibility index (Phi) is 3.87. The molecule has 0 unspecified atom stereocenters. The fourth-order valence-electron chi connectivity index (χ4n) is 2.42. The summed E-state index contributed by atoms with van der Waals surface area (Å²) >= 11 is 0. The van der Waals surface area contributed by atoms with Crippen molar-refractivity contribution in [3.05, 3.63) is 0 Å². The van der Waals surface area contributed by atoms with Crippen LogP contribution in [0.15, 0.2) is 0 Å². The van der Waals surface area contributed by atoms with Gasteiger partial charge in [-0.1, -0.05) is 0 Å². The molecule has 2 aliphatic heterocycles. The monoisotopic (exact) mass is 270 g/mol. The van der Waals surface area contributed by atoms with Gasteiger partial charge in [0.1, 0.15) is 12.2 Å². The second kappa shape index (κ2) is 5.27. The third kappa shape index (κ3) is 3.52. The summed E-state index contributed by atoms with van der Waals surface area (Å²) in [7, 11) is 0. The van der Waals surface area contributed by atoms with E-state index in [1.54, 1.807) is 9.80 Å². The van der Waals surface area contributed by atoms with Gasteiger partial charge in [0.05, 0.1) is 6.54 Å². The molecule has 0 aliphatic carbocycles. The second-order valence-electron chi connectivity index (χ2n) is 6.01. The smallest absolute Gasteiger partial charge is 0.410 e. The fraction of sp³-hybridized carbons (Fsp3) is 0.846. The number of carbonyl (C=O) groups is 2. The Labute approximate surface area is 113 Å². The van der Waals surface area contributed by atoms with Gasteiger partial charge >= 0.3 is 12.2 Å². The Bertz CT molecular complexity index is 356. The third-order valence-corrected chi connectivity index (χ3v) is 3.35. The highest BCUT2D eigenvalue weighted by atomic mass is 16.6. The summed E-state index contributed by atoms with van der Waals surface area (Å²) in [5.41, 5.74) is -0.466. The highest BCUT2D eigenvalue weighted by Gasteiger charge is 2.34. The molecule has 0 N–H and O–H groups in total. The lowest BCUT2D eigenvalue weighted by Crippen LogP contribution is -2.48. The average molecular weight is 270 g/mol. The van der Waals surface area contributed by atoms with Gasteiger partial charge in [-0.05, 0) is 33.6 Å². The van der Waals surface area contributed by atoms with Gasteiger partial charge in [0.15, 0.2) is 0 Å². The number of piperidine rings is 1. The number of likely N-dealkylation sites (tertiary alicyclic amines) is 1. The van der Waals surface area contributed by atoms with E-state index < -0.39 is 5.60 Å². The molecule has 2 fully saturated rings. The van der Waals surface area contributed by atoms with Gasteiger partial charge in [0, 0.05) is 19.1 Å². The van der Waals surface area contributed by atoms with E-state index in [9.17, 15) is 9.59 Å². The van der Waals surface area contributed by atoms with Crippen molar-refractivity contribution in [2.24, 2.45) is 0 Å². The van der Waals surface area contributed by atoms with Gasteiger partial charge in [-0.25, -0.2) is 9.59 Å². The number of rotatable bonds is 1. The first-order chi connectivity index (χ1) is 8.87. The van der Waals surface area contributed by atoms with E-state index in [4.69, 9.17) is 9.47 Å². The molecule has 2 rings (SSSR count). The minimum atomic E-state index is -0.466. The second-order valence-corrected chi connectivity index (χ2v) is 6.01. The molecule has 2 aliphatic rings. The fourth-order valence-corrected chi connectivity index (χ4v) is 2.42. The van der Waals surface area contributed by atoms with Crippen LogP contribution < -0.4 is 0 Å². The van der Waals surface area contributed by atoms with Crippen LogP contribution in [0.5, 0.6) is 0 Å². The molecule has 0 radical (unpaired) electrons. The first kappa shape index (κ1) is 14.0. The van der Waals surface area contributed by atoms with Crippen molar-refractivity contribution in [2.75, 3.05) is 26.2 Å². The maximum absolute atomic E-state index is 11.9. The van der Waals surface area contributed by atoms with E-state index >= 15 is 0 Å². The van der Waals surface area contributed by atoms with Gasteiger partial charge in [-0.3, -0.25) is 0 Å². The van der Waals surface area contributed by atoms with Crippen LogP contribution in [0.2, 0.25) is 0 Å². The highest BCUT2D eigenvalue weighted by Crippen LogP contribution is 2.21. The summed E-state index contributed by atoms with van der Waals surface area (Å²) in [4.78, 5) is 26.9. The molecule has 0 spiro atoms. The van der Waals surface area contributed by atoms with E-state index in [0.29, 0.717) is 26.2 Å². The quantitative estimate of drug-likeness (QED) is 0.729. The Morgan fingerprint density at radius 2 is 1.89 bits per heavy atom. The van der Waals surface area contributed by atoms with E-state index in [0.717, 1.165) is 12.8 Å². The maximum Gasteiger partial charge on any atom is 0.410 e. The van der Waals surface area contributed by atoms with E-state index in [2.05, 4.69) is 0 Å². The molecule has 2 saturated heterocycles.